The van der Waals surface area contributed by atoms with E-state index in [2.05, 4.69) is 0 Å². The van der Waals surface area contributed by atoms with Gasteiger partial charge in [-0.05, 0) is 11.1 Å². The Morgan fingerprint density at radius 3 is 2.14 bits per heavy atom. The number of hydrazine groups is 1. The normalized spacial score (nSPS) is 11.5. The predicted octanol–water partition coefficient (Wildman–Crippen LogP) is 1.50. The molecule has 2 aromatic rings. The van der Waals surface area contributed by atoms with E-state index in [9.17, 15) is 9.59 Å². The lowest BCUT2D eigenvalue weighted by molar-refractivity contribution is -0.150. The van der Waals surface area contributed by atoms with Gasteiger partial charge in [0, 0.05) is 0 Å². The molecule has 0 aromatic heterocycles. The first-order valence-corrected chi connectivity index (χ1v) is 6.48. The zero-order valence-electron chi connectivity index (χ0n) is 11.4. The van der Waals surface area contributed by atoms with Gasteiger partial charge in [-0.15, -0.1) is 0 Å². The van der Waals surface area contributed by atoms with E-state index >= 15 is 0 Å². The second-order valence-electron chi connectivity index (χ2n) is 4.45. The van der Waals surface area contributed by atoms with Crippen LogP contribution in [0.1, 0.15) is 17.0 Å². The number of hydrogen-bond acceptors (Lipinski definition) is 4. The SMILES string of the molecule is NNC(=O)C(C(=O)OCc1ccccc1)c1ccccc1. The first-order valence-electron chi connectivity index (χ1n) is 6.48. The molecule has 0 heterocycles. The summed E-state index contributed by atoms with van der Waals surface area (Å²) < 4.78 is 5.21. The van der Waals surface area contributed by atoms with E-state index in [-0.39, 0.29) is 6.61 Å². The van der Waals surface area contributed by atoms with E-state index in [4.69, 9.17) is 10.6 Å². The Morgan fingerprint density at radius 2 is 1.57 bits per heavy atom. The lowest BCUT2D eigenvalue weighted by Crippen LogP contribution is -2.38. The van der Waals surface area contributed by atoms with Crippen LogP contribution >= 0.6 is 0 Å². The standard InChI is InChI=1S/C16H16N2O3/c17-18-15(19)14(13-9-5-2-6-10-13)16(20)21-11-12-7-3-1-4-8-12/h1-10,14H,11,17H2,(H,18,19). The molecule has 0 aliphatic rings. The van der Waals surface area contributed by atoms with E-state index in [1.165, 1.54) is 0 Å². The molecule has 5 nitrogen and oxygen atoms in total. The summed E-state index contributed by atoms with van der Waals surface area (Å²) in [6.07, 6.45) is 0. The van der Waals surface area contributed by atoms with Crippen molar-refractivity contribution in [2.45, 2.75) is 12.5 Å². The minimum Gasteiger partial charge on any atom is -0.460 e. The maximum absolute atomic E-state index is 12.2. The number of nitrogens with one attached hydrogen (secondary N) is 1. The summed E-state index contributed by atoms with van der Waals surface area (Å²) in [5.41, 5.74) is 3.40. The summed E-state index contributed by atoms with van der Waals surface area (Å²) in [5, 5.41) is 0. The van der Waals surface area contributed by atoms with Crippen LogP contribution in [0.25, 0.3) is 0 Å². The molecule has 0 aliphatic heterocycles. The van der Waals surface area contributed by atoms with Gasteiger partial charge in [-0.25, -0.2) is 5.84 Å². The van der Waals surface area contributed by atoms with Crippen molar-refractivity contribution in [1.29, 1.82) is 0 Å². The van der Waals surface area contributed by atoms with Crippen molar-refractivity contribution in [3.8, 4) is 0 Å². The van der Waals surface area contributed by atoms with Crippen LogP contribution in [0.15, 0.2) is 60.7 Å². The van der Waals surface area contributed by atoms with Crippen molar-refractivity contribution in [2.75, 3.05) is 0 Å². The number of carbonyl (C=O) groups is 2. The fraction of sp³-hybridized carbons (Fsp3) is 0.125. The smallest absolute Gasteiger partial charge is 0.323 e. The third-order valence-corrected chi connectivity index (χ3v) is 3.00. The Morgan fingerprint density at radius 1 is 1.00 bits per heavy atom. The van der Waals surface area contributed by atoms with Crippen molar-refractivity contribution >= 4 is 11.9 Å². The first kappa shape index (κ1) is 14.7. The summed E-state index contributed by atoms with van der Waals surface area (Å²) in [7, 11) is 0. The molecule has 1 unspecified atom stereocenters. The van der Waals surface area contributed by atoms with Crippen molar-refractivity contribution in [3.05, 3.63) is 71.8 Å². The second kappa shape index (κ2) is 7.21. The van der Waals surface area contributed by atoms with Crippen molar-refractivity contribution in [1.82, 2.24) is 5.43 Å². The van der Waals surface area contributed by atoms with Crippen LogP contribution in [0.5, 0.6) is 0 Å². The minimum absolute atomic E-state index is 0.112. The summed E-state index contributed by atoms with van der Waals surface area (Å²) in [4.78, 5) is 24.0. The fourth-order valence-electron chi connectivity index (χ4n) is 1.94. The van der Waals surface area contributed by atoms with Gasteiger partial charge in [-0.2, -0.15) is 0 Å². The van der Waals surface area contributed by atoms with E-state index in [1.807, 2.05) is 35.8 Å². The molecular formula is C16H16N2O3. The largest absolute Gasteiger partial charge is 0.460 e. The summed E-state index contributed by atoms with van der Waals surface area (Å²) in [6, 6.07) is 17.9. The number of ether oxygens (including phenoxy) is 1. The first-order chi connectivity index (χ1) is 10.2. The van der Waals surface area contributed by atoms with Gasteiger partial charge >= 0.3 is 5.97 Å². The summed E-state index contributed by atoms with van der Waals surface area (Å²) in [5.74, 6) is 2.85. The molecule has 108 valence electrons. The molecule has 3 N–H and O–H groups in total. The van der Waals surface area contributed by atoms with Gasteiger partial charge in [0.2, 0.25) is 0 Å². The molecular weight excluding hydrogens is 268 g/mol. The van der Waals surface area contributed by atoms with E-state index < -0.39 is 17.8 Å². The quantitative estimate of drug-likeness (QED) is 0.287. The summed E-state index contributed by atoms with van der Waals surface area (Å²) >= 11 is 0. The van der Waals surface area contributed by atoms with Crippen LogP contribution in [-0.2, 0) is 20.9 Å². The lowest BCUT2D eigenvalue weighted by Gasteiger charge is -2.15. The van der Waals surface area contributed by atoms with Gasteiger partial charge in [0.15, 0.2) is 5.92 Å². The van der Waals surface area contributed by atoms with Gasteiger partial charge in [0.1, 0.15) is 6.61 Å². The lowest BCUT2D eigenvalue weighted by atomic mass is 9.98. The van der Waals surface area contributed by atoms with Gasteiger partial charge in [0.05, 0.1) is 0 Å². The Labute approximate surface area is 122 Å². The number of carbonyl (C=O) groups excluding carboxylic acids is 2. The number of rotatable bonds is 5. The summed E-state index contributed by atoms with van der Waals surface area (Å²) in [6.45, 7) is 0.112. The molecule has 21 heavy (non-hydrogen) atoms. The molecule has 0 saturated heterocycles. The predicted molar refractivity (Wildman–Crippen MR) is 77.8 cm³/mol. The molecule has 0 bridgehead atoms. The number of benzene rings is 2. The Hall–Kier alpha value is -2.66. The molecule has 0 saturated carbocycles. The van der Waals surface area contributed by atoms with Crippen LogP contribution in [-0.4, -0.2) is 11.9 Å². The monoisotopic (exact) mass is 284 g/mol. The molecule has 2 rings (SSSR count). The number of esters is 1. The Kier molecular flexibility index (Phi) is 5.06. The fourth-order valence-corrected chi connectivity index (χ4v) is 1.94. The molecule has 0 fully saturated rings. The van der Waals surface area contributed by atoms with Crippen molar-refractivity contribution in [2.24, 2.45) is 5.84 Å². The second-order valence-corrected chi connectivity index (χ2v) is 4.45. The van der Waals surface area contributed by atoms with Gasteiger partial charge in [-0.1, -0.05) is 60.7 Å². The number of hydrogen-bond donors (Lipinski definition) is 2. The van der Waals surface area contributed by atoms with Crippen molar-refractivity contribution in [3.63, 3.8) is 0 Å². The van der Waals surface area contributed by atoms with Crippen LogP contribution < -0.4 is 11.3 Å². The van der Waals surface area contributed by atoms with Crippen LogP contribution in [0.3, 0.4) is 0 Å². The number of amides is 1. The topological polar surface area (TPSA) is 81.4 Å². The van der Waals surface area contributed by atoms with Crippen LogP contribution in [0.2, 0.25) is 0 Å². The zero-order chi connectivity index (χ0) is 15.1. The molecule has 1 amide bonds. The van der Waals surface area contributed by atoms with Crippen LogP contribution in [0, 0.1) is 0 Å². The van der Waals surface area contributed by atoms with Gasteiger partial charge in [0.25, 0.3) is 5.91 Å². The molecule has 1 atom stereocenters. The highest BCUT2D eigenvalue weighted by Crippen LogP contribution is 2.18. The van der Waals surface area contributed by atoms with Crippen LogP contribution in [0.4, 0.5) is 0 Å². The van der Waals surface area contributed by atoms with E-state index in [0.717, 1.165) is 5.56 Å². The Balaban J connectivity index is 2.10. The third kappa shape index (κ3) is 3.90. The van der Waals surface area contributed by atoms with Gasteiger partial charge in [-0.3, -0.25) is 15.0 Å². The molecule has 2 aromatic carbocycles. The van der Waals surface area contributed by atoms with Gasteiger partial charge < -0.3 is 4.74 Å². The highest BCUT2D eigenvalue weighted by Gasteiger charge is 2.29. The van der Waals surface area contributed by atoms with Crippen molar-refractivity contribution < 1.29 is 14.3 Å². The maximum Gasteiger partial charge on any atom is 0.323 e. The highest BCUT2D eigenvalue weighted by molar-refractivity contribution is 6.03. The zero-order valence-corrected chi connectivity index (χ0v) is 11.4. The maximum atomic E-state index is 12.2. The molecule has 5 heteroatoms. The number of nitrogens with two attached hydrogens (primary N) is 1. The third-order valence-electron chi connectivity index (χ3n) is 3.00. The van der Waals surface area contributed by atoms with E-state index in [0.29, 0.717) is 5.56 Å². The molecule has 0 aliphatic carbocycles. The highest BCUT2D eigenvalue weighted by atomic mass is 16.5. The average Bonchev–Trinajstić information content (AvgIpc) is 2.55. The Bertz CT molecular complexity index is 599. The average molecular weight is 284 g/mol. The molecule has 0 spiro atoms. The minimum atomic E-state index is -1.07. The van der Waals surface area contributed by atoms with E-state index in [1.54, 1.807) is 30.3 Å². The molecule has 0 radical (unpaired) electrons.